The fourth-order valence-electron chi connectivity index (χ4n) is 3.54. The van der Waals surface area contributed by atoms with Crippen molar-refractivity contribution < 1.29 is 9.47 Å². The van der Waals surface area contributed by atoms with E-state index in [9.17, 15) is 0 Å². The van der Waals surface area contributed by atoms with Gasteiger partial charge in [-0.2, -0.15) is 0 Å². The monoisotopic (exact) mass is 287 g/mol. The molecule has 0 bridgehead atoms. The van der Waals surface area contributed by atoms with Crippen molar-refractivity contribution in [3.8, 4) is 11.5 Å². The molecule has 2 heterocycles. The molecule has 5 nitrogen and oxygen atoms in total. The molecule has 0 spiro atoms. The number of hydrogen-bond acceptors (Lipinski definition) is 4. The summed E-state index contributed by atoms with van der Waals surface area (Å²) in [5.41, 5.74) is 7.87. The minimum Gasteiger partial charge on any atom is -0.489 e. The third-order valence-corrected chi connectivity index (χ3v) is 4.68. The summed E-state index contributed by atoms with van der Waals surface area (Å²) in [7, 11) is 0. The van der Waals surface area contributed by atoms with Crippen LogP contribution in [0.25, 0.3) is 11.0 Å². The molecule has 0 amide bonds. The van der Waals surface area contributed by atoms with E-state index in [-0.39, 0.29) is 0 Å². The van der Waals surface area contributed by atoms with E-state index in [1.54, 1.807) is 0 Å². The first-order valence-corrected chi connectivity index (χ1v) is 7.84. The van der Waals surface area contributed by atoms with Gasteiger partial charge >= 0.3 is 0 Å². The number of ether oxygens (including phenoxy) is 2. The van der Waals surface area contributed by atoms with Crippen molar-refractivity contribution in [2.24, 2.45) is 11.7 Å². The number of aromatic nitrogens is 2. The highest BCUT2D eigenvalue weighted by Crippen LogP contribution is 2.40. The summed E-state index contributed by atoms with van der Waals surface area (Å²) in [6, 6.07) is 4.00. The zero-order chi connectivity index (χ0) is 14.2. The van der Waals surface area contributed by atoms with Gasteiger partial charge in [0.25, 0.3) is 0 Å². The second-order valence-corrected chi connectivity index (χ2v) is 6.02. The third-order valence-electron chi connectivity index (χ3n) is 4.68. The summed E-state index contributed by atoms with van der Waals surface area (Å²) >= 11 is 0. The second-order valence-electron chi connectivity index (χ2n) is 6.02. The maximum Gasteiger partial charge on any atom is 0.163 e. The van der Waals surface area contributed by atoms with Crippen LogP contribution in [-0.2, 0) is 0 Å². The predicted molar refractivity (Wildman–Crippen MR) is 80.8 cm³/mol. The van der Waals surface area contributed by atoms with Gasteiger partial charge in [-0.1, -0.05) is 6.42 Å². The van der Waals surface area contributed by atoms with Gasteiger partial charge in [0.1, 0.15) is 5.82 Å². The lowest BCUT2D eigenvalue weighted by molar-refractivity contribution is 0.297. The molecule has 2 atom stereocenters. The molecule has 1 aliphatic heterocycles. The highest BCUT2D eigenvalue weighted by molar-refractivity contribution is 5.80. The summed E-state index contributed by atoms with van der Waals surface area (Å²) in [5, 5.41) is 0. The van der Waals surface area contributed by atoms with E-state index < -0.39 is 0 Å². The molecule has 3 N–H and O–H groups in total. The van der Waals surface area contributed by atoms with Gasteiger partial charge in [-0.05, 0) is 25.3 Å². The van der Waals surface area contributed by atoms with E-state index in [1.807, 2.05) is 12.1 Å². The summed E-state index contributed by atoms with van der Waals surface area (Å²) in [4.78, 5) is 8.26. The predicted octanol–water partition coefficient (Wildman–Crippen LogP) is 2.57. The van der Waals surface area contributed by atoms with Crippen LogP contribution in [0.1, 0.15) is 37.4 Å². The van der Waals surface area contributed by atoms with Crippen LogP contribution in [0.5, 0.6) is 11.5 Å². The lowest BCUT2D eigenvalue weighted by atomic mass is 9.96. The molecule has 1 saturated carbocycles. The number of rotatable bonds is 2. The molecule has 1 aromatic heterocycles. The van der Waals surface area contributed by atoms with Crippen LogP contribution in [0.4, 0.5) is 0 Å². The van der Waals surface area contributed by atoms with Crippen LogP contribution in [-0.4, -0.2) is 29.7 Å². The molecule has 1 aromatic carbocycles. The third kappa shape index (κ3) is 2.25. The Balaban J connectivity index is 1.73. The number of aromatic amines is 1. The van der Waals surface area contributed by atoms with E-state index in [1.165, 1.54) is 19.3 Å². The van der Waals surface area contributed by atoms with E-state index in [2.05, 4.69) is 4.98 Å². The van der Waals surface area contributed by atoms with Crippen molar-refractivity contribution in [1.29, 1.82) is 0 Å². The topological polar surface area (TPSA) is 73.2 Å². The van der Waals surface area contributed by atoms with Crippen molar-refractivity contribution in [2.75, 3.05) is 19.8 Å². The average Bonchev–Trinajstić information content (AvgIpc) is 3.05. The molecule has 1 aliphatic carbocycles. The van der Waals surface area contributed by atoms with Crippen LogP contribution in [0.2, 0.25) is 0 Å². The lowest BCUT2D eigenvalue weighted by Gasteiger charge is -2.14. The van der Waals surface area contributed by atoms with Gasteiger partial charge in [-0.15, -0.1) is 0 Å². The van der Waals surface area contributed by atoms with Gasteiger partial charge in [-0.3, -0.25) is 0 Å². The first-order valence-electron chi connectivity index (χ1n) is 7.84. The van der Waals surface area contributed by atoms with Gasteiger partial charge in [0.15, 0.2) is 11.5 Å². The average molecular weight is 287 g/mol. The Labute approximate surface area is 123 Å². The maximum atomic E-state index is 5.89. The quantitative estimate of drug-likeness (QED) is 0.890. The molecular weight excluding hydrogens is 266 g/mol. The van der Waals surface area contributed by atoms with Crippen molar-refractivity contribution in [3.63, 3.8) is 0 Å². The number of H-pyrrole nitrogens is 1. The normalized spacial score (nSPS) is 25.2. The fourth-order valence-corrected chi connectivity index (χ4v) is 3.54. The standard InChI is InChI=1S/C16H21N3O2/c17-9-10-3-1-4-11(10)16-18-12-7-14-15(8-13(12)19-16)21-6-2-5-20-14/h7-8,10-11H,1-6,9,17H2,(H,18,19). The van der Waals surface area contributed by atoms with Crippen molar-refractivity contribution >= 4 is 11.0 Å². The minimum absolute atomic E-state index is 0.462. The number of imidazole rings is 1. The summed E-state index contributed by atoms with van der Waals surface area (Å²) in [6.45, 7) is 2.15. The van der Waals surface area contributed by atoms with Gasteiger partial charge in [0.05, 0.1) is 24.2 Å². The van der Waals surface area contributed by atoms with Crippen LogP contribution in [0.15, 0.2) is 12.1 Å². The minimum atomic E-state index is 0.462. The van der Waals surface area contributed by atoms with E-state index in [0.717, 1.165) is 41.3 Å². The summed E-state index contributed by atoms with van der Waals surface area (Å²) in [5.74, 6) is 3.70. The Kier molecular flexibility index (Phi) is 3.22. The number of hydrogen-bond donors (Lipinski definition) is 2. The van der Waals surface area contributed by atoms with Crippen molar-refractivity contribution in [2.45, 2.75) is 31.6 Å². The zero-order valence-electron chi connectivity index (χ0n) is 12.1. The molecule has 21 heavy (non-hydrogen) atoms. The van der Waals surface area contributed by atoms with E-state index in [4.69, 9.17) is 20.2 Å². The van der Waals surface area contributed by atoms with Gasteiger partial charge in [0, 0.05) is 24.5 Å². The van der Waals surface area contributed by atoms with E-state index in [0.29, 0.717) is 25.0 Å². The molecule has 5 heteroatoms. The molecule has 0 saturated heterocycles. The Hall–Kier alpha value is -1.75. The van der Waals surface area contributed by atoms with Gasteiger partial charge in [-0.25, -0.2) is 4.98 Å². The van der Waals surface area contributed by atoms with E-state index >= 15 is 0 Å². The molecule has 1 fully saturated rings. The van der Waals surface area contributed by atoms with Crippen molar-refractivity contribution in [3.05, 3.63) is 18.0 Å². The van der Waals surface area contributed by atoms with Crippen LogP contribution in [0, 0.1) is 5.92 Å². The Bertz CT molecular complexity index is 609. The highest BCUT2D eigenvalue weighted by atomic mass is 16.5. The Morgan fingerprint density at radius 3 is 2.76 bits per heavy atom. The number of nitrogens with zero attached hydrogens (tertiary/aromatic N) is 1. The lowest BCUT2D eigenvalue weighted by Crippen LogP contribution is -2.17. The SMILES string of the molecule is NCC1CCCC1c1nc2cc3c(cc2[nH]1)OCCCO3. The van der Waals surface area contributed by atoms with Crippen LogP contribution >= 0.6 is 0 Å². The molecular formula is C16H21N3O2. The molecule has 0 radical (unpaired) electrons. The number of nitrogens with one attached hydrogen (secondary N) is 1. The zero-order valence-corrected chi connectivity index (χ0v) is 12.1. The summed E-state index contributed by atoms with van der Waals surface area (Å²) < 4.78 is 11.5. The second kappa shape index (κ2) is 5.22. The molecule has 2 aliphatic rings. The number of nitrogens with two attached hydrogens (primary N) is 1. The molecule has 4 rings (SSSR count). The molecule has 2 aromatic rings. The van der Waals surface area contributed by atoms with Crippen LogP contribution < -0.4 is 15.2 Å². The largest absolute Gasteiger partial charge is 0.489 e. The van der Waals surface area contributed by atoms with Crippen molar-refractivity contribution in [1.82, 2.24) is 9.97 Å². The first kappa shape index (κ1) is 13.0. The van der Waals surface area contributed by atoms with Gasteiger partial charge < -0.3 is 20.2 Å². The molecule has 2 unspecified atom stereocenters. The fraction of sp³-hybridized carbons (Fsp3) is 0.562. The molecule has 112 valence electrons. The van der Waals surface area contributed by atoms with Gasteiger partial charge in [0.2, 0.25) is 0 Å². The Morgan fingerprint density at radius 2 is 1.95 bits per heavy atom. The summed E-state index contributed by atoms with van der Waals surface area (Å²) in [6.07, 6.45) is 4.54. The smallest absolute Gasteiger partial charge is 0.163 e. The maximum absolute atomic E-state index is 5.89. The number of benzene rings is 1. The first-order chi connectivity index (χ1) is 10.3. The highest BCUT2D eigenvalue weighted by Gasteiger charge is 2.30. The van der Waals surface area contributed by atoms with Crippen LogP contribution in [0.3, 0.4) is 0 Å². The Morgan fingerprint density at radius 1 is 1.14 bits per heavy atom. The number of fused-ring (bicyclic) bond motifs is 2.